The van der Waals surface area contributed by atoms with Crippen LogP contribution in [0.3, 0.4) is 0 Å². The smallest absolute Gasteiger partial charge is 0.410 e. The standard InChI is InChI=1S/C38H55F2N5O4Si/c1-37(2,3)33(34-43-32(30-19-29(39)15-16-31(30)40)25-44(34)22-26-13-11-10-12-14-26)41-20-27-23-45(36(47)49-38(4,5)6)24-28(27)21-42-35(46)48-17-18-50(7,8)9/h10-16,19,25,27-28,33,41H,17-18,20-24H2,1-9H3,(H,42,46). The van der Waals surface area contributed by atoms with E-state index in [0.717, 1.165) is 23.7 Å². The van der Waals surface area contributed by atoms with E-state index in [9.17, 15) is 18.4 Å². The predicted molar refractivity (Wildman–Crippen MR) is 196 cm³/mol. The van der Waals surface area contributed by atoms with Crippen LogP contribution < -0.4 is 10.6 Å². The molecule has 4 rings (SSSR count). The number of benzene rings is 2. The van der Waals surface area contributed by atoms with Crippen LogP contribution in [0.15, 0.2) is 54.7 Å². The molecule has 0 spiro atoms. The third-order valence-electron chi connectivity index (χ3n) is 8.74. The van der Waals surface area contributed by atoms with Gasteiger partial charge < -0.3 is 29.6 Å². The van der Waals surface area contributed by atoms with Gasteiger partial charge in [0.1, 0.15) is 23.1 Å². The van der Waals surface area contributed by atoms with Crippen LogP contribution in [0.4, 0.5) is 18.4 Å². The lowest BCUT2D eigenvalue weighted by Crippen LogP contribution is -2.41. The minimum absolute atomic E-state index is 0.0349. The van der Waals surface area contributed by atoms with Gasteiger partial charge in [-0.3, -0.25) is 0 Å². The van der Waals surface area contributed by atoms with Crippen LogP contribution in [0, 0.1) is 28.9 Å². The van der Waals surface area contributed by atoms with E-state index in [2.05, 4.69) is 51.0 Å². The fourth-order valence-electron chi connectivity index (χ4n) is 6.04. The van der Waals surface area contributed by atoms with E-state index in [0.29, 0.717) is 50.8 Å². The van der Waals surface area contributed by atoms with E-state index in [1.807, 2.05) is 55.7 Å². The summed E-state index contributed by atoms with van der Waals surface area (Å²) in [6, 6.07) is 13.9. The van der Waals surface area contributed by atoms with Gasteiger partial charge in [0.2, 0.25) is 0 Å². The fourth-order valence-corrected chi connectivity index (χ4v) is 6.75. The number of carbonyl (C=O) groups is 2. The van der Waals surface area contributed by atoms with Crippen molar-refractivity contribution in [3.8, 4) is 11.3 Å². The van der Waals surface area contributed by atoms with E-state index in [4.69, 9.17) is 14.5 Å². The summed E-state index contributed by atoms with van der Waals surface area (Å²) < 4.78 is 42.4. The Kier molecular flexibility index (Phi) is 12.5. The number of imidazole rings is 1. The highest BCUT2D eigenvalue weighted by molar-refractivity contribution is 6.76. The Balaban J connectivity index is 1.60. The number of halogens is 2. The molecule has 1 aliphatic heterocycles. The maximum atomic E-state index is 15.0. The number of carbonyl (C=O) groups excluding carboxylic acids is 2. The number of ether oxygens (including phenoxy) is 2. The zero-order valence-electron chi connectivity index (χ0n) is 31.1. The molecular weight excluding hydrogens is 657 g/mol. The monoisotopic (exact) mass is 711 g/mol. The maximum absolute atomic E-state index is 15.0. The highest BCUT2D eigenvalue weighted by Crippen LogP contribution is 2.36. The van der Waals surface area contributed by atoms with Crippen LogP contribution in [-0.4, -0.2) is 73.1 Å². The SMILES string of the molecule is CC(C)(C)OC(=O)N1CC(CNC(=O)OCC[Si](C)(C)C)C(CNC(c2nc(-c3cc(F)ccc3F)cn2Cc2ccccc2)C(C)(C)C)C1. The molecule has 0 radical (unpaired) electrons. The number of amides is 2. The van der Waals surface area contributed by atoms with Crippen LogP contribution in [0.1, 0.15) is 59.0 Å². The van der Waals surface area contributed by atoms with Crippen molar-refractivity contribution in [1.29, 1.82) is 0 Å². The van der Waals surface area contributed by atoms with Crippen LogP contribution in [0.2, 0.25) is 25.7 Å². The zero-order chi connectivity index (χ0) is 36.9. The van der Waals surface area contributed by atoms with Gasteiger partial charge in [0.15, 0.2) is 0 Å². The van der Waals surface area contributed by atoms with Crippen molar-refractivity contribution in [3.05, 3.63) is 77.8 Å². The average Bonchev–Trinajstić information content (AvgIpc) is 3.60. The fraction of sp³-hybridized carbons (Fsp3) is 0.553. The van der Waals surface area contributed by atoms with Crippen molar-refractivity contribution >= 4 is 20.3 Å². The molecule has 274 valence electrons. The van der Waals surface area contributed by atoms with Gasteiger partial charge in [0.25, 0.3) is 0 Å². The van der Waals surface area contributed by atoms with Crippen molar-refractivity contribution in [2.75, 3.05) is 32.8 Å². The Labute approximate surface area is 297 Å². The number of hydrogen-bond acceptors (Lipinski definition) is 6. The van der Waals surface area contributed by atoms with E-state index < -0.39 is 37.5 Å². The number of hydrogen-bond donors (Lipinski definition) is 2. The molecule has 2 amide bonds. The third-order valence-corrected chi connectivity index (χ3v) is 10.4. The summed E-state index contributed by atoms with van der Waals surface area (Å²) in [7, 11) is -1.35. The van der Waals surface area contributed by atoms with Crippen LogP contribution in [0.5, 0.6) is 0 Å². The molecule has 0 saturated carbocycles. The van der Waals surface area contributed by atoms with E-state index >= 15 is 0 Å². The third kappa shape index (κ3) is 11.4. The second kappa shape index (κ2) is 16.1. The molecule has 0 aliphatic carbocycles. The van der Waals surface area contributed by atoms with Crippen LogP contribution in [-0.2, 0) is 16.0 Å². The summed E-state index contributed by atoms with van der Waals surface area (Å²) in [5.74, 6) is -0.511. The van der Waals surface area contributed by atoms with Crippen molar-refractivity contribution in [3.63, 3.8) is 0 Å². The van der Waals surface area contributed by atoms with Gasteiger partial charge in [-0.05, 0) is 67.8 Å². The lowest BCUT2D eigenvalue weighted by atomic mass is 9.85. The first kappa shape index (κ1) is 39.0. The van der Waals surface area contributed by atoms with Gasteiger partial charge >= 0.3 is 12.2 Å². The molecule has 3 aromatic rings. The molecule has 1 aromatic heterocycles. The minimum Gasteiger partial charge on any atom is -0.450 e. The summed E-state index contributed by atoms with van der Waals surface area (Å²) in [6.45, 7) is 21.1. The molecule has 1 saturated heterocycles. The van der Waals surface area contributed by atoms with Crippen LogP contribution >= 0.6 is 0 Å². The van der Waals surface area contributed by atoms with Gasteiger partial charge in [-0.25, -0.2) is 23.4 Å². The quantitative estimate of drug-likeness (QED) is 0.184. The Hall–Kier alpha value is -3.77. The van der Waals surface area contributed by atoms with Crippen molar-refractivity contribution in [1.82, 2.24) is 25.1 Å². The summed E-state index contributed by atoms with van der Waals surface area (Å²) in [6.07, 6.45) is 0.925. The number of aromatic nitrogens is 2. The molecule has 2 aromatic carbocycles. The highest BCUT2D eigenvalue weighted by atomic mass is 28.3. The number of rotatable bonds is 12. The number of nitrogens with zero attached hydrogens (tertiary/aromatic N) is 3. The summed E-state index contributed by atoms with van der Waals surface area (Å²) in [5, 5.41) is 6.67. The predicted octanol–water partition coefficient (Wildman–Crippen LogP) is 8.10. The Morgan fingerprint density at radius 2 is 1.64 bits per heavy atom. The summed E-state index contributed by atoms with van der Waals surface area (Å²) >= 11 is 0. The second-order valence-electron chi connectivity index (χ2n) is 16.7. The first-order chi connectivity index (χ1) is 23.3. The first-order valence-electron chi connectivity index (χ1n) is 17.5. The molecule has 12 heteroatoms. The van der Waals surface area contributed by atoms with Gasteiger partial charge in [-0.2, -0.15) is 0 Å². The first-order valence-corrected chi connectivity index (χ1v) is 21.2. The lowest BCUT2D eigenvalue weighted by molar-refractivity contribution is 0.0283. The van der Waals surface area contributed by atoms with Gasteiger partial charge in [-0.1, -0.05) is 70.7 Å². The molecule has 0 bridgehead atoms. The highest BCUT2D eigenvalue weighted by Gasteiger charge is 2.39. The molecule has 3 atom stereocenters. The van der Waals surface area contributed by atoms with E-state index in [1.165, 1.54) is 6.07 Å². The molecule has 50 heavy (non-hydrogen) atoms. The van der Waals surface area contributed by atoms with Crippen molar-refractivity contribution in [2.45, 2.75) is 85.4 Å². The molecule has 9 nitrogen and oxygen atoms in total. The maximum Gasteiger partial charge on any atom is 0.410 e. The lowest BCUT2D eigenvalue weighted by Gasteiger charge is -2.33. The van der Waals surface area contributed by atoms with Crippen molar-refractivity contribution in [2.24, 2.45) is 17.3 Å². The normalized spacial score (nSPS) is 17.5. The van der Waals surface area contributed by atoms with Gasteiger partial charge in [-0.15, -0.1) is 0 Å². The largest absolute Gasteiger partial charge is 0.450 e. The van der Waals surface area contributed by atoms with Gasteiger partial charge in [0, 0.05) is 52.6 Å². The number of alkyl carbamates (subject to hydrolysis) is 1. The Morgan fingerprint density at radius 3 is 2.26 bits per heavy atom. The molecule has 3 unspecified atom stereocenters. The topological polar surface area (TPSA) is 97.7 Å². The van der Waals surface area contributed by atoms with E-state index in [-0.39, 0.29) is 28.9 Å². The second-order valence-corrected chi connectivity index (χ2v) is 22.3. The number of nitrogens with one attached hydrogen (secondary N) is 2. The summed E-state index contributed by atoms with van der Waals surface area (Å²) in [5.41, 5.74) is 0.479. The molecule has 2 heterocycles. The minimum atomic E-state index is -1.35. The van der Waals surface area contributed by atoms with E-state index in [1.54, 1.807) is 11.1 Å². The Morgan fingerprint density at radius 1 is 0.980 bits per heavy atom. The zero-order valence-corrected chi connectivity index (χ0v) is 32.1. The Bertz CT molecular complexity index is 1600. The molecule has 1 aliphatic rings. The van der Waals surface area contributed by atoms with Crippen molar-refractivity contribution < 1.29 is 27.8 Å². The molecule has 2 N–H and O–H groups in total. The average molecular weight is 712 g/mol. The van der Waals surface area contributed by atoms with Gasteiger partial charge in [0.05, 0.1) is 18.3 Å². The molecule has 1 fully saturated rings. The van der Waals surface area contributed by atoms with Crippen LogP contribution in [0.25, 0.3) is 11.3 Å². The summed E-state index contributed by atoms with van der Waals surface area (Å²) in [4.78, 5) is 32.4. The molecular formula is C38H55F2N5O4Si. The number of likely N-dealkylation sites (tertiary alicyclic amines) is 1.